The Bertz CT molecular complexity index is 489. The summed E-state index contributed by atoms with van der Waals surface area (Å²) in [4.78, 5) is 14.0. The molecule has 1 aliphatic carbocycles. The highest BCUT2D eigenvalue weighted by Crippen LogP contribution is 2.24. The van der Waals surface area contributed by atoms with Gasteiger partial charge in [0.1, 0.15) is 5.75 Å². The van der Waals surface area contributed by atoms with Gasteiger partial charge in [0.05, 0.1) is 13.2 Å². The SMILES string of the molecule is COc1ccc(Cl)cc1CN(C)[C@@H](C)C(=O)NC1CC1. The fraction of sp³-hybridized carbons (Fsp3) is 0.533. The van der Waals surface area contributed by atoms with Crippen LogP contribution >= 0.6 is 11.6 Å². The van der Waals surface area contributed by atoms with Gasteiger partial charge < -0.3 is 10.1 Å². The number of hydrogen-bond acceptors (Lipinski definition) is 3. The molecule has 1 fully saturated rings. The van der Waals surface area contributed by atoms with E-state index in [0.29, 0.717) is 17.6 Å². The summed E-state index contributed by atoms with van der Waals surface area (Å²) < 4.78 is 5.33. The molecule has 110 valence electrons. The molecule has 20 heavy (non-hydrogen) atoms. The molecule has 0 spiro atoms. The Kier molecular flexibility index (Phi) is 4.89. The second kappa shape index (κ2) is 6.46. The Balaban J connectivity index is 2.00. The molecule has 0 heterocycles. The van der Waals surface area contributed by atoms with Crippen molar-refractivity contribution in [2.45, 2.75) is 38.4 Å². The van der Waals surface area contributed by atoms with Gasteiger partial charge in [0, 0.05) is 23.2 Å². The van der Waals surface area contributed by atoms with Crippen LogP contribution in [0.1, 0.15) is 25.3 Å². The molecule has 1 N–H and O–H groups in total. The standard InChI is InChI=1S/C15H21ClN2O2/c1-10(15(19)17-13-5-6-13)18(2)9-11-8-12(16)4-7-14(11)20-3/h4,7-8,10,13H,5-6,9H2,1-3H3,(H,17,19)/t10-/m0/s1. The lowest BCUT2D eigenvalue weighted by Gasteiger charge is -2.24. The number of hydrogen-bond donors (Lipinski definition) is 1. The minimum absolute atomic E-state index is 0.0796. The fourth-order valence-electron chi connectivity index (χ4n) is 2.03. The summed E-state index contributed by atoms with van der Waals surface area (Å²) in [6.45, 7) is 2.53. The van der Waals surface area contributed by atoms with Crippen LogP contribution in [-0.4, -0.2) is 37.0 Å². The number of amides is 1. The van der Waals surface area contributed by atoms with E-state index >= 15 is 0 Å². The van der Waals surface area contributed by atoms with Crippen molar-refractivity contribution in [1.82, 2.24) is 10.2 Å². The van der Waals surface area contributed by atoms with Crippen LogP contribution in [0.25, 0.3) is 0 Å². The van der Waals surface area contributed by atoms with Gasteiger partial charge >= 0.3 is 0 Å². The largest absolute Gasteiger partial charge is 0.496 e. The molecule has 2 rings (SSSR count). The first-order valence-electron chi connectivity index (χ1n) is 6.84. The van der Waals surface area contributed by atoms with Gasteiger partial charge in [-0.2, -0.15) is 0 Å². The first-order valence-corrected chi connectivity index (χ1v) is 7.22. The molecule has 1 aromatic carbocycles. The number of benzene rings is 1. The van der Waals surface area contributed by atoms with Gasteiger partial charge in [-0.25, -0.2) is 0 Å². The normalized spacial score (nSPS) is 16.1. The van der Waals surface area contributed by atoms with E-state index in [1.165, 1.54) is 0 Å². The lowest BCUT2D eigenvalue weighted by molar-refractivity contribution is -0.125. The van der Waals surface area contributed by atoms with Gasteiger partial charge in [-0.05, 0) is 45.0 Å². The first kappa shape index (κ1) is 15.1. The zero-order valence-corrected chi connectivity index (χ0v) is 12.9. The maximum Gasteiger partial charge on any atom is 0.237 e. The van der Waals surface area contributed by atoms with Crippen molar-refractivity contribution < 1.29 is 9.53 Å². The summed E-state index contributed by atoms with van der Waals surface area (Å²) in [6.07, 6.45) is 2.20. The van der Waals surface area contributed by atoms with E-state index in [4.69, 9.17) is 16.3 Å². The van der Waals surface area contributed by atoms with E-state index in [0.717, 1.165) is 24.2 Å². The summed E-state index contributed by atoms with van der Waals surface area (Å²) in [5.41, 5.74) is 0.980. The zero-order chi connectivity index (χ0) is 14.7. The van der Waals surface area contributed by atoms with Crippen molar-refractivity contribution in [3.8, 4) is 5.75 Å². The molecule has 0 unspecified atom stereocenters. The topological polar surface area (TPSA) is 41.6 Å². The van der Waals surface area contributed by atoms with Crippen molar-refractivity contribution in [1.29, 1.82) is 0 Å². The smallest absolute Gasteiger partial charge is 0.237 e. The van der Waals surface area contributed by atoms with Crippen molar-refractivity contribution in [3.05, 3.63) is 28.8 Å². The Hall–Kier alpha value is -1.26. The predicted molar refractivity (Wildman–Crippen MR) is 80.1 cm³/mol. The number of ether oxygens (including phenoxy) is 1. The molecular weight excluding hydrogens is 276 g/mol. The minimum atomic E-state index is -0.181. The van der Waals surface area contributed by atoms with Gasteiger partial charge in [-0.1, -0.05) is 11.6 Å². The van der Waals surface area contributed by atoms with Crippen LogP contribution in [0.15, 0.2) is 18.2 Å². The van der Waals surface area contributed by atoms with Crippen molar-refractivity contribution in [2.24, 2.45) is 0 Å². The molecule has 1 amide bonds. The Labute approximate surface area is 125 Å². The number of methoxy groups -OCH3 is 1. The van der Waals surface area contributed by atoms with Crippen molar-refractivity contribution in [3.63, 3.8) is 0 Å². The van der Waals surface area contributed by atoms with Gasteiger partial charge in [0.15, 0.2) is 0 Å². The highest BCUT2D eigenvalue weighted by atomic mass is 35.5. The average molecular weight is 297 g/mol. The van der Waals surface area contributed by atoms with Crippen molar-refractivity contribution in [2.75, 3.05) is 14.2 Å². The minimum Gasteiger partial charge on any atom is -0.496 e. The van der Waals surface area contributed by atoms with E-state index in [2.05, 4.69) is 5.32 Å². The Morgan fingerprint density at radius 1 is 1.55 bits per heavy atom. The van der Waals surface area contributed by atoms with Gasteiger partial charge in [-0.3, -0.25) is 9.69 Å². The fourth-order valence-corrected chi connectivity index (χ4v) is 2.22. The first-order chi connectivity index (χ1) is 9.51. The zero-order valence-electron chi connectivity index (χ0n) is 12.1. The second-order valence-electron chi connectivity index (χ2n) is 5.33. The van der Waals surface area contributed by atoms with Crippen LogP contribution in [0.5, 0.6) is 5.75 Å². The molecule has 5 heteroatoms. The predicted octanol–water partition coefficient (Wildman–Crippen LogP) is 2.45. The molecule has 1 saturated carbocycles. The molecular formula is C15H21ClN2O2. The molecule has 0 aromatic heterocycles. The van der Waals surface area contributed by atoms with Crippen LogP contribution < -0.4 is 10.1 Å². The third-order valence-electron chi connectivity index (χ3n) is 3.63. The van der Waals surface area contributed by atoms with Gasteiger partial charge in [0.25, 0.3) is 0 Å². The molecule has 0 saturated heterocycles. The number of nitrogens with zero attached hydrogens (tertiary/aromatic N) is 1. The lowest BCUT2D eigenvalue weighted by atomic mass is 10.1. The van der Waals surface area contributed by atoms with Gasteiger partial charge in [-0.15, -0.1) is 0 Å². The third-order valence-corrected chi connectivity index (χ3v) is 3.86. The number of nitrogens with one attached hydrogen (secondary N) is 1. The molecule has 1 aromatic rings. The van der Waals surface area contributed by atoms with E-state index in [1.807, 2.05) is 31.0 Å². The molecule has 1 aliphatic rings. The molecule has 0 bridgehead atoms. The van der Waals surface area contributed by atoms with Crippen LogP contribution in [0.2, 0.25) is 5.02 Å². The summed E-state index contributed by atoms with van der Waals surface area (Å²) in [5.74, 6) is 0.868. The molecule has 4 nitrogen and oxygen atoms in total. The maximum atomic E-state index is 12.0. The summed E-state index contributed by atoms with van der Waals surface area (Å²) >= 11 is 6.02. The van der Waals surface area contributed by atoms with Crippen LogP contribution in [0.4, 0.5) is 0 Å². The van der Waals surface area contributed by atoms with E-state index in [9.17, 15) is 4.79 Å². The number of likely N-dealkylation sites (N-methyl/N-ethyl adjacent to an activating group) is 1. The monoisotopic (exact) mass is 296 g/mol. The average Bonchev–Trinajstić information content (AvgIpc) is 3.22. The van der Waals surface area contributed by atoms with Crippen molar-refractivity contribution >= 4 is 17.5 Å². The van der Waals surface area contributed by atoms with E-state index in [1.54, 1.807) is 13.2 Å². The van der Waals surface area contributed by atoms with Gasteiger partial charge in [0.2, 0.25) is 5.91 Å². The Morgan fingerprint density at radius 3 is 2.85 bits per heavy atom. The Morgan fingerprint density at radius 2 is 2.25 bits per heavy atom. The number of halogens is 1. The summed E-state index contributed by atoms with van der Waals surface area (Å²) in [5, 5.41) is 3.69. The third kappa shape index (κ3) is 3.87. The van der Waals surface area contributed by atoms with Crippen LogP contribution in [0, 0.1) is 0 Å². The second-order valence-corrected chi connectivity index (χ2v) is 5.77. The number of carbonyl (C=O) groups is 1. The van der Waals surface area contributed by atoms with Crippen LogP contribution in [-0.2, 0) is 11.3 Å². The van der Waals surface area contributed by atoms with Crippen LogP contribution in [0.3, 0.4) is 0 Å². The van der Waals surface area contributed by atoms with E-state index < -0.39 is 0 Å². The molecule has 0 aliphatic heterocycles. The van der Waals surface area contributed by atoms with E-state index in [-0.39, 0.29) is 11.9 Å². The quantitative estimate of drug-likeness (QED) is 0.877. The number of rotatable bonds is 6. The number of carbonyl (C=O) groups excluding carboxylic acids is 1. The lowest BCUT2D eigenvalue weighted by Crippen LogP contribution is -2.43. The molecule has 0 radical (unpaired) electrons. The molecule has 1 atom stereocenters. The summed E-state index contributed by atoms with van der Waals surface area (Å²) in [7, 11) is 3.56. The highest BCUT2D eigenvalue weighted by molar-refractivity contribution is 6.30. The maximum absolute atomic E-state index is 12.0. The summed E-state index contributed by atoms with van der Waals surface area (Å²) in [6, 6.07) is 5.73. The highest BCUT2D eigenvalue weighted by Gasteiger charge is 2.27.